The van der Waals surface area contributed by atoms with Crippen LogP contribution in [0, 0.1) is 0 Å². The maximum Gasteiger partial charge on any atom is 0.251 e. The van der Waals surface area contributed by atoms with E-state index in [2.05, 4.69) is 20.9 Å². The number of ether oxygens (including phenoxy) is 1. The summed E-state index contributed by atoms with van der Waals surface area (Å²) in [5.41, 5.74) is 1.58. The molecule has 2 rings (SSSR count). The Morgan fingerprint density at radius 2 is 1.70 bits per heavy atom. The molecular weight excluding hydrogens is 479 g/mol. The van der Waals surface area contributed by atoms with Gasteiger partial charge in [0.25, 0.3) is 5.91 Å². The van der Waals surface area contributed by atoms with Gasteiger partial charge >= 0.3 is 0 Å². The highest BCUT2D eigenvalue weighted by atomic mass is 127. The van der Waals surface area contributed by atoms with Crippen LogP contribution in [0.2, 0.25) is 5.02 Å². The van der Waals surface area contributed by atoms with Gasteiger partial charge in [0.05, 0.1) is 7.11 Å². The molecule has 1 amide bonds. The molecule has 2 aromatic carbocycles. The summed E-state index contributed by atoms with van der Waals surface area (Å²) in [6, 6.07) is 14.6. The summed E-state index contributed by atoms with van der Waals surface area (Å²) in [6.07, 6.45) is 0. The highest BCUT2D eigenvalue weighted by Crippen LogP contribution is 2.14. The molecular formula is C19H24ClIN4O2. The Hall–Kier alpha value is -2.00. The van der Waals surface area contributed by atoms with Crippen molar-refractivity contribution in [2.24, 2.45) is 4.99 Å². The summed E-state index contributed by atoms with van der Waals surface area (Å²) in [4.78, 5) is 16.2. The van der Waals surface area contributed by atoms with Crippen LogP contribution >= 0.6 is 35.6 Å². The van der Waals surface area contributed by atoms with Gasteiger partial charge < -0.3 is 20.7 Å². The Morgan fingerprint density at radius 1 is 1.04 bits per heavy atom. The second kappa shape index (κ2) is 12.4. The Kier molecular flexibility index (Phi) is 10.6. The lowest BCUT2D eigenvalue weighted by atomic mass is 10.2. The largest absolute Gasteiger partial charge is 0.497 e. The number of carbonyl (C=O) groups is 1. The van der Waals surface area contributed by atoms with Crippen LogP contribution in [0.3, 0.4) is 0 Å². The molecule has 146 valence electrons. The Morgan fingerprint density at radius 3 is 2.33 bits per heavy atom. The molecule has 0 radical (unpaired) electrons. The number of rotatable bonds is 7. The fourth-order valence-electron chi connectivity index (χ4n) is 2.24. The molecule has 6 nitrogen and oxygen atoms in total. The lowest BCUT2D eigenvalue weighted by Gasteiger charge is -2.13. The molecule has 0 atom stereocenters. The van der Waals surface area contributed by atoms with Crippen molar-refractivity contribution in [2.75, 3.05) is 27.2 Å². The second-order valence-electron chi connectivity index (χ2n) is 5.43. The third-order valence-corrected chi connectivity index (χ3v) is 4.05. The predicted octanol–water partition coefficient (Wildman–Crippen LogP) is 3.06. The number of carbonyl (C=O) groups excluding carboxylic acids is 1. The van der Waals surface area contributed by atoms with E-state index < -0.39 is 0 Å². The molecule has 0 saturated carbocycles. The zero-order valence-electron chi connectivity index (χ0n) is 15.3. The average molecular weight is 503 g/mol. The molecule has 0 saturated heterocycles. The number of hydrogen-bond donors (Lipinski definition) is 3. The van der Waals surface area contributed by atoms with Gasteiger partial charge in [-0.15, -0.1) is 24.0 Å². The van der Waals surface area contributed by atoms with Gasteiger partial charge in [0.2, 0.25) is 0 Å². The molecule has 0 aliphatic heterocycles. The van der Waals surface area contributed by atoms with Crippen molar-refractivity contribution in [2.45, 2.75) is 6.54 Å². The third-order valence-electron chi connectivity index (χ3n) is 3.68. The van der Waals surface area contributed by atoms with Crippen molar-refractivity contribution in [3.05, 3.63) is 64.7 Å². The average Bonchev–Trinajstić information content (AvgIpc) is 2.68. The molecule has 8 heteroatoms. The van der Waals surface area contributed by atoms with E-state index in [1.807, 2.05) is 24.3 Å². The molecule has 3 N–H and O–H groups in total. The minimum absolute atomic E-state index is 0. The fraction of sp³-hybridized carbons (Fsp3) is 0.263. The number of amides is 1. The molecule has 0 aliphatic rings. The standard InChI is InChI=1S/C19H23ClN4O2.HI/c1-21-19(24-13-15-5-3-4-6-17(15)20)23-12-11-22-18(25)14-7-9-16(26-2)10-8-14;/h3-10H,11-13H2,1-2H3,(H,22,25)(H2,21,23,24);1H. The van der Waals surface area contributed by atoms with Gasteiger partial charge in [-0.2, -0.15) is 0 Å². The fourth-order valence-corrected chi connectivity index (χ4v) is 2.45. The molecule has 0 bridgehead atoms. The van der Waals surface area contributed by atoms with Gasteiger partial charge in [0, 0.05) is 37.3 Å². The SMILES string of the molecule is CN=C(NCCNC(=O)c1ccc(OC)cc1)NCc1ccccc1Cl.I. The van der Waals surface area contributed by atoms with Gasteiger partial charge in [0.1, 0.15) is 5.75 Å². The number of guanidine groups is 1. The van der Waals surface area contributed by atoms with Crippen LogP contribution in [0.5, 0.6) is 5.75 Å². The number of aliphatic imine (C=N–C) groups is 1. The van der Waals surface area contributed by atoms with Crippen molar-refractivity contribution in [3.8, 4) is 5.75 Å². The van der Waals surface area contributed by atoms with Crippen LogP contribution in [0.15, 0.2) is 53.5 Å². The Bertz CT molecular complexity index is 754. The predicted molar refractivity (Wildman–Crippen MR) is 120 cm³/mol. The molecule has 0 aromatic heterocycles. The smallest absolute Gasteiger partial charge is 0.251 e. The van der Waals surface area contributed by atoms with Gasteiger partial charge in [-0.05, 0) is 35.9 Å². The number of methoxy groups -OCH3 is 1. The summed E-state index contributed by atoms with van der Waals surface area (Å²) >= 11 is 6.13. The Labute approximate surface area is 181 Å². The molecule has 0 heterocycles. The third kappa shape index (κ3) is 7.64. The topological polar surface area (TPSA) is 74.8 Å². The summed E-state index contributed by atoms with van der Waals surface area (Å²) in [5, 5.41) is 9.90. The van der Waals surface area contributed by atoms with Gasteiger partial charge in [-0.25, -0.2) is 0 Å². The van der Waals surface area contributed by atoms with Crippen LogP contribution in [0.4, 0.5) is 0 Å². The van der Waals surface area contributed by atoms with Crippen LogP contribution in [-0.2, 0) is 6.54 Å². The van der Waals surface area contributed by atoms with E-state index in [4.69, 9.17) is 16.3 Å². The van der Waals surface area contributed by atoms with E-state index in [-0.39, 0.29) is 29.9 Å². The van der Waals surface area contributed by atoms with E-state index in [0.717, 1.165) is 11.3 Å². The van der Waals surface area contributed by atoms with Gasteiger partial charge in [0.15, 0.2) is 5.96 Å². The summed E-state index contributed by atoms with van der Waals surface area (Å²) in [5.74, 6) is 1.23. The van der Waals surface area contributed by atoms with E-state index in [1.54, 1.807) is 38.4 Å². The van der Waals surface area contributed by atoms with E-state index >= 15 is 0 Å². The molecule has 0 spiro atoms. The first-order valence-corrected chi connectivity index (χ1v) is 8.62. The molecule has 0 unspecified atom stereocenters. The highest BCUT2D eigenvalue weighted by Gasteiger charge is 2.05. The summed E-state index contributed by atoms with van der Waals surface area (Å²) < 4.78 is 5.08. The number of nitrogens with zero attached hydrogens (tertiary/aromatic N) is 1. The highest BCUT2D eigenvalue weighted by molar-refractivity contribution is 14.0. The zero-order chi connectivity index (χ0) is 18.8. The van der Waals surface area contributed by atoms with E-state index in [9.17, 15) is 4.79 Å². The molecule has 0 fully saturated rings. The second-order valence-corrected chi connectivity index (χ2v) is 5.84. The maximum absolute atomic E-state index is 12.1. The van der Waals surface area contributed by atoms with Crippen LogP contribution in [0.25, 0.3) is 0 Å². The van der Waals surface area contributed by atoms with Crippen molar-refractivity contribution in [3.63, 3.8) is 0 Å². The van der Waals surface area contributed by atoms with Crippen LogP contribution in [-0.4, -0.2) is 39.1 Å². The lowest BCUT2D eigenvalue weighted by Crippen LogP contribution is -2.41. The van der Waals surface area contributed by atoms with Crippen molar-refractivity contribution < 1.29 is 9.53 Å². The van der Waals surface area contributed by atoms with Crippen LogP contribution < -0.4 is 20.7 Å². The molecule has 27 heavy (non-hydrogen) atoms. The number of halogens is 2. The summed E-state index contributed by atoms with van der Waals surface area (Å²) in [6.45, 7) is 1.58. The number of hydrogen-bond acceptors (Lipinski definition) is 3. The maximum atomic E-state index is 12.1. The molecule has 0 aliphatic carbocycles. The summed E-state index contributed by atoms with van der Waals surface area (Å²) in [7, 11) is 3.28. The first kappa shape index (κ1) is 23.0. The van der Waals surface area contributed by atoms with Crippen molar-refractivity contribution in [1.82, 2.24) is 16.0 Å². The van der Waals surface area contributed by atoms with Crippen molar-refractivity contribution >= 4 is 47.4 Å². The quantitative estimate of drug-likeness (QED) is 0.235. The number of benzene rings is 2. The van der Waals surface area contributed by atoms with Crippen molar-refractivity contribution in [1.29, 1.82) is 0 Å². The molecule has 2 aromatic rings. The first-order valence-electron chi connectivity index (χ1n) is 8.24. The van der Waals surface area contributed by atoms with Gasteiger partial charge in [-0.3, -0.25) is 9.79 Å². The lowest BCUT2D eigenvalue weighted by molar-refractivity contribution is 0.0954. The minimum Gasteiger partial charge on any atom is -0.497 e. The van der Waals surface area contributed by atoms with Gasteiger partial charge in [-0.1, -0.05) is 29.8 Å². The number of nitrogens with one attached hydrogen (secondary N) is 3. The normalized spacial score (nSPS) is 10.6. The first-order chi connectivity index (χ1) is 12.6. The van der Waals surface area contributed by atoms with Crippen LogP contribution in [0.1, 0.15) is 15.9 Å². The van der Waals surface area contributed by atoms with E-state index in [1.165, 1.54) is 0 Å². The van der Waals surface area contributed by atoms with E-state index in [0.29, 0.717) is 36.2 Å². The minimum atomic E-state index is -0.131. The monoisotopic (exact) mass is 502 g/mol. The Balaban J connectivity index is 0.00000364. The zero-order valence-corrected chi connectivity index (χ0v) is 18.4.